The lowest BCUT2D eigenvalue weighted by atomic mass is 9.84. The van der Waals surface area contributed by atoms with E-state index in [1.807, 2.05) is 49.9 Å². The summed E-state index contributed by atoms with van der Waals surface area (Å²) in [5.41, 5.74) is 7.31. The van der Waals surface area contributed by atoms with Gasteiger partial charge in [0.15, 0.2) is 0 Å². The van der Waals surface area contributed by atoms with Crippen LogP contribution in [0.25, 0.3) is 21.8 Å². The highest BCUT2D eigenvalue weighted by Crippen LogP contribution is 2.48. The SMILES string of the molecule is [3H]CC(=O)C(C)(C)Cc1c2c3c(c(OCc4ccc5ccccc5n4)ccc3n1Cc1ccc(C)cc1)CC(C)S2. The third kappa shape index (κ3) is 5.03. The molecule has 204 valence electrons. The van der Waals surface area contributed by atoms with Gasteiger partial charge in [0.05, 0.1) is 16.7 Å². The highest BCUT2D eigenvalue weighted by molar-refractivity contribution is 8.00. The fraction of sp³-hybridized carbons (Fsp3) is 0.314. The average molecular weight is 551 g/mol. The highest BCUT2D eigenvalue weighted by Gasteiger charge is 2.33. The maximum Gasteiger partial charge on any atom is 0.135 e. The van der Waals surface area contributed by atoms with Gasteiger partial charge in [0, 0.05) is 51.9 Å². The molecule has 6 rings (SSSR count). The Morgan fingerprint density at radius 3 is 2.70 bits per heavy atom. The van der Waals surface area contributed by atoms with E-state index < -0.39 is 5.41 Å². The van der Waals surface area contributed by atoms with Crippen molar-refractivity contribution in [1.82, 2.24) is 9.55 Å². The van der Waals surface area contributed by atoms with Crippen molar-refractivity contribution in [3.8, 4) is 5.75 Å². The molecule has 0 bridgehead atoms. The van der Waals surface area contributed by atoms with Crippen LogP contribution in [0.5, 0.6) is 5.75 Å². The van der Waals surface area contributed by atoms with Crippen LogP contribution in [-0.2, 0) is 30.8 Å². The Morgan fingerprint density at radius 1 is 1.10 bits per heavy atom. The standard InChI is InChI=1S/C35H36N2O2S/c1-22-10-12-25(13-11-22)20-37-30-16-17-32(39-21-27-15-14-26-8-6-7-9-29(26)36-27)28-18-23(2)40-34(33(28)30)31(37)19-35(4,5)24(3)38/h6-17,23H,18-21H2,1-5H3/i3T. The Hall–Kier alpha value is -3.57. The van der Waals surface area contributed by atoms with Gasteiger partial charge in [-0.1, -0.05) is 74.9 Å². The molecule has 1 unspecified atom stereocenters. The Bertz CT molecular complexity index is 1760. The van der Waals surface area contributed by atoms with Gasteiger partial charge >= 0.3 is 0 Å². The van der Waals surface area contributed by atoms with E-state index in [2.05, 4.69) is 66.9 Å². The number of hydrogen-bond acceptors (Lipinski definition) is 4. The van der Waals surface area contributed by atoms with E-state index in [1.165, 1.54) is 38.2 Å². The van der Waals surface area contributed by atoms with Crippen molar-refractivity contribution in [2.45, 2.75) is 70.7 Å². The van der Waals surface area contributed by atoms with Gasteiger partial charge in [-0.05, 0) is 50.1 Å². The first-order valence-corrected chi connectivity index (χ1v) is 14.8. The van der Waals surface area contributed by atoms with Crippen molar-refractivity contribution >= 4 is 39.4 Å². The van der Waals surface area contributed by atoms with Gasteiger partial charge in [0.25, 0.3) is 0 Å². The van der Waals surface area contributed by atoms with Crippen LogP contribution in [-0.4, -0.2) is 20.6 Å². The number of carbonyl (C=O) groups is 1. The van der Waals surface area contributed by atoms with Crippen molar-refractivity contribution in [1.29, 1.82) is 0 Å². The fourth-order valence-electron chi connectivity index (χ4n) is 5.59. The quantitative estimate of drug-likeness (QED) is 0.195. The molecule has 5 heteroatoms. The van der Waals surface area contributed by atoms with E-state index >= 15 is 0 Å². The summed E-state index contributed by atoms with van der Waals surface area (Å²) in [5.74, 6) is 0.874. The Kier molecular flexibility index (Phi) is 6.63. The second-order valence-electron chi connectivity index (χ2n) is 11.7. The molecule has 0 spiro atoms. The Labute approximate surface area is 242 Å². The molecule has 0 fully saturated rings. The van der Waals surface area contributed by atoms with Crippen LogP contribution in [0, 0.1) is 12.3 Å². The molecular formula is C35H36N2O2S. The van der Waals surface area contributed by atoms with Crippen molar-refractivity contribution in [2.24, 2.45) is 5.41 Å². The van der Waals surface area contributed by atoms with Gasteiger partial charge in [-0.3, -0.25) is 4.79 Å². The van der Waals surface area contributed by atoms with Gasteiger partial charge in [0.2, 0.25) is 0 Å². The number of fused-ring (bicyclic) bond motifs is 1. The lowest BCUT2D eigenvalue weighted by molar-refractivity contribution is -0.124. The minimum absolute atomic E-state index is 0.0298. The molecule has 3 heterocycles. The number of ether oxygens (including phenoxy) is 1. The number of carbonyl (C=O) groups excluding carboxylic acids is 1. The average Bonchev–Trinajstić information content (AvgIpc) is 3.24. The summed E-state index contributed by atoms with van der Waals surface area (Å²) in [7, 11) is 0. The largest absolute Gasteiger partial charge is 0.487 e. The second-order valence-corrected chi connectivity index (χ2v) is 13.1. The number of benzene rings is 3. The molecule has 2 aromatic heterocycles. The maximum absolute atomic E-state index is 12.8. The predicted molar refractivity (Wildman–Crippen MR) is 165 cm³/mol. The van der Waals surface area contributed by atoms with E-state index in [0.717, 1.165) is 35.3 Å². The number of pyridine rings is 1. The van der Waals surface area contributed by atoms with E-state index in [4.69, 9.17) is 11.1 Å². The van der Waals surface area contributed by atoms with Crippen molar-refractivity contribution in [3.63, 3.8) is 0 Å². The summed E-state index contributed by atoms with van der Waals surface area (Å²) in [4.78, 5) is 18.9. The molecule has 1 atom stereocenters. The van der Waals surface area contributed by atoms with Crippen LogP contribution in [0.2, 0.25) is 0 Å². The zero-order chi connectivity index (χ0) is 28.7. The van der Waals surface area contributed by atoms with E-state index in [0.29, 0.717) is 18.3 Å². The van der Waals surface area contributed by atoms with Crippen molar-refractivity contribution < 1.29 is 10.9 Å². The highest BCUT2D eigenvalue weighted by atomic mass is 32.2. The summed E-state index contributed by atoms with van der Waals surface area (Å²) in [5, 5.41) is 2.74. The van der Waals surface area contributed by atoms with Crippen LogP contribution < -0.4 is 4.74 Å². The molecule has 40 heavy (non-hydrogen) atoms. The number of aryl methyl sites for hydroxylation is 1. The van der Waals surface area contributed by atoms with Gasteiger partial charge in [-0.2, -0.15) is 0 Å². The molecule has 1 aliphatic rings. The molecule has 0 radical (unpaired) electrons. The third-order valence-corrected chi connectivity index (χ3v) is 9.27. The molecule has 3 aromatic carbocycles. The molecule has 0 N–H and O–H groups in total. The zero-order valence-corrected chi connectivity index (χ0v) is 24.5. The van der Waals surface area contributed by atoms with Gasteiger partial charge < -0.3 is 9.30 Å². The van der Waals surface area contributed by atoms with Crippen LogP contribution in [0.3, 0.4) is 0 Å². The monoisotopic (exact) mass is 550 g/mol. The number of Topliss-reactive ketones (excluding diaryl/α,β-unsaturated/α-hetero) is 1. The normalized spacial score (nSPS) is 15.4. The lowest BCUT2D eigenvalue weighted by Crippen LogP contribution is -2.26. The second kappa shape index (κ2) is 10.4. The van der Waals surface area contributed by atoms with Crippen molar-refractivity contribution in [3.05, 3.63) is 101 Å². The van der Waals surface area contributed by atoms with Crippen LogP contribution >= 0.6 is 11.8 Å². The Balaban J connectivity index is 1.44. The third-order valence-electron chi connectivity index (χ3n) is 8.02. The number of rotatable bonds is 8. The Morgan fingerprint density at radius 2 is 1.90 bits per heavy atom. The molecule has 4 nitrogen and oxygen atoms in total. The summed E-state index contributed by atoms with van der Waals surface area (Å²) in [6, 6.07) is 25.3. The van der Waals surface area contributed by atoms with Gasteiger partial charge in [-0.25, -0.2) is 4.98 Å². The number of thioether (sulfide) groups is 1. The molecule has 0 amide bonds. The number of ketones is 1. The molecule has 5 aromatic rings. The number of para-hydroxylation sites is 1. The van der Waals surface area contributed by atoms with E-state index in [-0.39, 0.29) is 12.7 Å². The number of nitrogens with zero attached hydrogens (tertiary/aromatic N) is 2. The fourth-order valence-corrected chi connectivity index (χ4v) is 6.91. The van der Waals surface area contributed by atoms with Gasteiger partial charge in [-0.15, -0.1) is 11.8 Å². The lowest BCUT2D eigenvalue weighted by Gasteiger charge is -2.25. The first-order chi connectivity index (χ1) is 19.7. The van der Waals surface area contributed by atoms with Crippen LogP contribution in [0.1, 0.15) is 57.1 Å². The van der Waals surface area contributed by atoms with Crippen LogP contribution in [0.15, 0.2) is 77.7 Å². The summed E-state index contributed by atoms with van der Waals surface area (Å²) in [6.07, 6.45) is 1.51. The molecule has 0 saturated carbocycles. The van der Waals surface area contributed by atoms with Crippen LogP contribution in [0.4, 0.5) is 0 Å². The number of aromatic nitrogens is 2. The predicted octanol–water partition coefficient (Wildman–Crippen LogP) is 8.32. The maximum atomic E-state index is 12.8. The first kappa shape index (κ1) is 25.4. The molecular weight excluding hydrogens is 512 g/mol. The zero-order valence-electron chi connectivity index (χ0n) is 24.7. The molecule has 0 saturated heterocycles. The summed E-state index contributed by atoms with van der Waals surface area (Å²) >= 11 is 1.90. The number of hydrogen-bond donors (Lipinski definition) is 0. The summed E-state index contributed by atoms with van der Waals surface area (Å²) in [6.45, 7) is 9.27. The summed E-state index contributed by atoms with van der Waals surface area (Å²) < 4.78 is 16.7. The topological polar surface area (TPSA) is 44.1 Å². The minimum Gasteiger partial charge on any atom is -0.487 e. The van der Waals surface area contributed by atoms with E-state index in [1.54, 1.807) is 0 Å². The minimum atomic E-state index is -0.625. The first-order valence-electron chi connectivity index (χ1n) is 14.6. The molecule has 1 aliphatic heterocycles. The van der Waals surface area contributed by atoms with Crippen molar-refractivity contribution in [2.75, 3.05) is 0 Å². The smallest absolute Gasteiger partial charge is 0.135 e. The van der Waals surface area contributed by atoms with E-state index in [9.17, 15) is 4.79 Å². The van der Waals surface area contributed by atoms with Gasteiger partial charge in [0.1, 0.15) is 18.1 Å². The molecule has 0 aliphatic carbocycles.